The van der Waals surface area contributed by atoms with E-state index >= 15 is 0 Å². The van der Waals surface area contributed by atoms with Gasteiger partial charge in [0.05, 0.1) is 6.20 Å². The molecule has 0 bridgehead atoms. The Labute approximate surface area is 108 Å². The second-order valence-corrected chi connectivity index (χ2v) is 4.56. The second-order valence-electron chi connectivity index (χ2n) is 3.78. The smallest absolute Gasteiger partial charge is 0.169 e. The summed E-state index contributed by atoms with van der Waals surface area (Å²) in [6.07, 6.45) is 4.83. The van der Waals surface area contributed by atoms with Gasteiger partial charge in [-0.05, 0) is 34.5 Å². The number of hydrazine groups is 1. The molecule has 17 heavy (non-hydrogen) atoms. The zero-order valence-electron chi connectivity index (χ0n) is 9.56. The highest BCUT2D eigenvalue weighted by Gasteiger charge is 2.17. The molecule has 2 heterocycles. The van der Waals surface area contributed by atoms with Crippen molar-refractivity contribution in [1.82, 2.24) is 15.2 Å². The van der Waals surface area contributed by atoms with Crippen LogP contribution >= 0.6 is 15.9 Å². The lowest BCUT2D eigenvalue weighted by atomic mass is 10.1. The number of halogens is 1. The van der Waals surface area contributed by atoms with Crippen LogP contribution in [0.2, 0.25) is 0 Å². The molecule has 92 valence electrons. The average molecular weight is 299 g/mol. The Hall–Kier alpha value is -1.11. The number of nitrogens with one attached hydrogen (secondary N) is 1. The van der Waals surface area contributed by atoms with Crippen LogP contribution in [0.5, 0.6) is 0 Å². The first-order valence-electron chi connectivity index (χ1n) is 5.48. The number of rotatable bonds is 5. The summed E-state index contributed by atoms with van der Waals surface area (Å²) < 4.78 is 8.09. The molecule has 3 N–H and O–H groups in total. The molecular weight excluding hydrogens is 284 g/mol. The predicted molar refractivity (Wildman–Crippen MR) is 68.1 cm³/mol. The third-order valence-electron chi connectivity index (χ3n) is 2.48. The average Bonchev–Trinajstić information content (AvgIpc) is 2.91. The van der Waals surface area contributed by atoms with E-state index in [9.17, 15) is 0 Å². The van der Waals surface area contributed by atoms with Gasteiger partial charge in [0, 0.05) is 18.3 Å². The van der Waals surface area contributed by atoms with Gasteiger partial charge in [-0.25, -0.2) is 5.43 Å². The van der Waals surface area contributed by atoms with E-state index < -0.39 is 0 Å². The number of aromatic nitrogens is 2. The first-order chi connectivity index (χ1) is 8.24. The maximum absolute atomic E-state index is 5.57. The molecule has 0 fully saturated rings. The van der Waals surface area contributed by atoms with Gasteiger partial charge in [0.2, 0.25) is 0 Å². The zero-order chi connectivity index (χ0) is 12.3. The largest absolute Gasteiger partial charge is 0.452 e. The van der Waals surface area contributed by atoms with Crippen LogP contribution in [0.15, 0.2) is 33.6 Å². The molecule has 2 rings (SSSR count). The maximum atomic E-state index is 5.57. The Bertz CT molecular complexity index is 479. The monoisotopic (exact) mass is 298 g/mol. The van der Waals surface area contributed by atoms with Crippen molar-refractivity contribution in [2.75, 3.05) is 0 Å². The zero-order valence-corrected chi connectivity index (χ0v) is 11.1. The summed E-state index contributed by atoms with van der Waals surface area (Å²) in [7, 11) is 0. The standard InChI is InChI=1S/C11H15BrN4O/c1-2-5-16-7-8(6-14-16)11(15-13)9-3-4-10(12)17-9/h3-4,6-7,11,15H,2,5,13H2,1H3. The minimum Gasteiger partial charge on any atom is -0.452 e. The summed E-state index contributed by atoms with van der Waals surface area (Å²) in [5.74, 6) is 6.33. The summed E-state index contributed by atoms with van der Waals surface area (Å²) in [6.45, 7) is 3.02. The van der Waals surface area contributed by atoms with Crippen LogP contribution in [0.1, 0.15) is 30.7 Å². The third-order valence-corrected chi connectivity index (χ3v) is 2.91. The highest BCUT2D eigenvalue weighted by Crippen LogP contribution is 2.25. The van der Waals surface area contributed by atoms with Gasteiger partial charge in [0.1, 0.15) is 11.8 Å². The lowest BCUT2D eigenvalue weighted by molar-refractivity contribution is 0.437. The molecular formula is C11H15BrN4O. The Balaban J connectivity index is 2.22. The second kappa shape index (κ2) is 5.48. The molecule has 0 saturated heterocycles. The van der Waals surface area contributed by atoms with Crippen LogP contribution in [0, 0.1) is 0 Å². The van der Waals surface area contributed by atoms with Crippen molar-refractivity contribution in [2.24, 2.45) is 5.84 Å². The lowest BCUT2D eigenvalue weighted by Crippen LogP contribution is -2.28. The topological polar surface area (TPSA) is 69.0 Å². The van der Waals surface area contributed by atoms with Crippen LogP contribution in [-0.4, -0.2) is 9.78 Å². The maximum Gasteiger partial charge on any atom is 0.169 e. The van der Waals surface area contributed by atoms with Gasteiger partial charge >= 0.3 is 0 Å². The van der Waals surface area contributed by atoms with E-state index in [0.717, 1.165) is 24.3 Å². The fourth-order valence-electron chi connectivity index (χ4n) is 1.71. The first-order valence-corrected chi connectivity index (χ1v) is 6.27. The number of furan rings is 1. The van der Waals surface area contributed by atoms with Crippen molar-refractivity contribution in [2.45, 2.75) is 25.9 Å². The van der Waals surface area contributed by atoms with Gasteiger partial charge in [-0.15, -0.1) is 0 Å². The van der Waals surface area contributed by atoms with Gasteiger partial charge < -0.3 is 4.42 Å². The van der Waals surface area contributed by atoms with E-state index in [1.165, 1.54) is 0 Å². The van der Waals surface area contributed by atoms with Crippen LogP contribution in [-0.2, 0) is 6.54 Å². The molecule has 1 atom stereocenters. The highest BCUT2D eigenvalue weighted by atomic mass is 79.9. The summed E-state index contributed by atoms with van der Waals surface area (Å²) >= 11 is 3.28. The number of nitrogens with zero attached hydrogens (tertiary/aromatic N) is 2. The summed E-state index contributed by atoms with van der Waals surface area (Å²) in [6, 6.07) is 3.55. The number of nitrogens with two attached hydrogens (primary N) is 1. The van der Waals surface area contributed by atoms with E-state index in [0.29, 0.717) is 4.67 Å². The number of hydrogen-bond donors (Lipinski definition) is 2. The Kier molecular flexibility index (Phi) is 3.98. The van der Waals surface area contributed by atoms with E-state index in [2.05, 4.69) is 33.4 Å². The van der Waals surface area contributed by atoms with Crippen molar-refractivity contribution in [3.8, 4) is 0 Å². The van der Waals surface area contributed by atoms with E-state index in [-0.39, 0.29) is 6.04 Å². The molecule has 2 aromatic rings. The van der Waals surface area contributed by atoms with Crippen LogP contribution < -0.4 is 11.3 Å². The lowest BCUT2D eigenvalue weighted by Gasteiger charge is -2.10. The summed E-state index contributed by atoms with van der Waals surface area (Å²) in [4.78, 5) is 0. The Morgan fingerprint density at radius 2 is 2.41 bits per heavy atom. The SMILES string of the molecule is CCCn1cc(C(NN)c2ccc(Br)o2)cn1. The van der Waals surface area contributed by atoms with Crippen molar-refractivity contribution in [1.29, 1.82) is 0 Å². The van der Waals surface area contributed by atoms with Crippen molar-refractivity contribution in [3.05, 3.63) is 40.5 Å². The third kappa shape index (κ3) is 2.77. The molecule has 5 nitrogen and oxygen atoms in total. The summed E-state index contributed by atoms with van der Waals surface area (Å²) in [5.41, 5.74) is 3.72. The Morgan fingerprint density at radius 1 is 1.59 bits per heavy atom. The fraction of sp³-hybridized carbons (Fsp3) is 0.364. The molecule has 2 aromatic heterocycles. The summed E-state index contributed by atoms with van der Waals surface area (Å²) in [5, 5.41) is 4.27. The quantitative estimate of drug-likeness (QED) is 0.656. The molecule has 0 saturated carbocycles. The molecule has 1 unspecified atom stereocenters. The minimum atomic E-state index is -0.174. The number of aryl methyl sites for hydroxylation is 1. The minimum absolute atomic E-state index is 0.174. The molecule has 0 aliphatic carbocycles. The molecule has 0 aliphatic rings. The molecule has 0 aromatic carbocycles. The van der Waals surface area contributed by atoms with Crippen LogP contribution in [0.25, 0.3) is 0 Å². The van der Waals surface area contributed by atoms with Gasteiger partial charge in [0.15, 0.2) is 4.67 Å². The van der Waals surface area contributed by atoms with E-state index in [4.69, 9.17) is 10.3 Å². The highest BCUT2D eigenvalue weighted by molar-refractivity contribution is 9.10. The molecule has 6 heteroatoms. The normalized spacial score (nSPS) is 12.9. The number of hydrogen-bond acceptors (Lipinski definition) is 4. The molecule has 0 spiro atoms. The van der Waals surface area contributed by atoms with Gasteiger partial charge in [0.25, 0.3) is 0 Å². The van der Waals surface area contributed by atoms with Crippen LogP contribution in [0.3, 0.4) is 0 Å². The molecule has 0 aliphatic heterocycles. The fourth-order valence-corrected chi connectivity index (χ4v) is 2.03. The molecule has 0 radical (unpaired) electrons. The Morgan fingerprint density at radius 3 is 3.00 bits per heavy atom. The predicted octanol–water partition coefficient (Wildman–Crippen LogP) is 2.20. The van der Waals surface area contributed by atoms with Gasteiger partial charge in [-0.1, -0.05) is 6.92 Å². The first kappa shape index (κ1) is 12.3. The van der Waals surface area contributed by atoms with Crippen molar-refractivity contribution >= 4 is 15.9 Å². The van der Waals surface area contributed by atoms with Gasteiger partial charge in [-0.3, -0.25) is 10.5 Å². The van der Waals surface area contributed by atoms with Crippen LogP contribution in [0.4, 0.5) is 0 Å². The van der Waals surface area contributed by atoms with E-state index in [1.807, 2.05) is 23.0 Å². The molecule has 0 amide bonds. The van der Waals surface area contributed by atoms with Crippen molar-refractivity contribution < 1.29 is 4.42 Å². The van der Waals surface area contributed by atoms with Gasteiger partial charge in [-0.2, -0.15) is 5.10 Å². The van der Waals surface area contributed by atoms with E-state index in [1.54, 1.807) is 6.20 Å². The van der Waals surface area contributed by atoms with Crippen molar-refractivity contribution in [3.63, 3.8) is 0 Å².